The fraction of sp³-hybridized carbons (Fsp3) is 0.231. The number of para-hydroxylation sites is 3. The number of carbonyl (C=O) groups excluding carboxylic acids is 1. The van der Waals surface area contributed by atoms with Crippen LogP contribution in [0.25, 0.3) is 11.0 Å². The van der Waals surface area contributed by atoms with Gasteiger partial charge in [-0.05, 0) is 48.4 Å². The lowest BCUT2D eigenvalue weighted by Crippen LogP contribution is -2.29. The Morgan fingerprint density at radius 1 is 0.906 bits per heavy atom. The lowest BCUT2D eigenvalue weighted by atomic mass is 10.2. The van der Waals surface area contributed by atoms with Crippen LogP contribution in [0.1, 0.15) is 18.3 Å². The summed E-state index contributed by atoms with van der Waals surface area (Å²) >= 11 is 0. The molecule has 164 valence electrons. The maximum Gasteiger partial charge on any atom is 0.258 e. The van der Waals surface area contributed by atoms with E-state index in [0.29, 0.717) is 25.4 Å². The van der Waals surface area contributed by atoms with Gasteiger partial charge in [0.15, 0.2) is 6.61 Å². The first-order valence-corrected chi connectivity index (χ1v) is 10.8. The molecule has 0 aliphatic rings. The van der Waals surface area contributed by atoms with E-state index in [1.54, 1.807) is 0 Å². The number of ether oxygens (including phenoxy) is 2. The minimum atomic E-state index is -0.195. The van der Waals surface area contributed by atoms with Crippen molar-refractivity contribution in [3.8, 4) is 11.5 Å². The van der Waals surface area contributed by atoms with E-state index in [1.807, 2.05) is 66.7 Å². The van der Waals surface area contributed by atoms with E-state index in [9.17, 15) is 4.79 Å². The smallest absolute Gasteiger partial charge is 0.258 e. The van der Waals surface area contributed by atoms with Gasteiger partial charge in [0.25, 0.3) is 5.91 Å². The number of fused-ring (bicyclic) bond motifs is 1. The number of amides is 1. The van der Waals surface area contributed by atoms with Gasteiger partial charge in [-0.2, -0.15) is 0 Å². The Morgan fingerprint density at radius 3 is 2.41 bits per heavy atom. The lowest BCUT2D eigenvalue weighted by Gasteiger charge is -2.12. The van der Waals surface area contributed by atoms with Gasteiger partial charge in [0.05, 0.1) is 24.1 Å². The number of benzene rings is 3. The Hall–Kier alpha value is -3.80. The minimum absolute atomic E-state index is 0.0406. The molecular formula is C26H27N3O3. The molecule has 1 amide bonds. The molecule has 32 heavy (non-hydrogen) atoms. The van der Waals surface area contributed by atoms with Gasteiger partial charge in [-0.3, -0.25) is 4.79 Å². The monoisotopic (exact) mass is 429 g/mol. The van der Waals surface area contributed by atoms with Crippen LogP contribution < -0.4 is 14.8 Å². The van der Waals surface area contributed by atoms with Crippen molar-refractivity contribution >= 4 is 16.9 Å². The number of aryl methyl sites for hydroxylation is 1. The van der Waals surface area contributed by atoms with E-state index >= 15 is 0 Å². The number of imidazole rings is 1. The van der Waals surface area contributed by atoms with Crippen LogP contribution in [0.4, 0.5) is 0 Å². The number of hydrogen-bond donors (Lipinski definition) is 1. The third-order valence-corrected chi connectivity index (χ3v) is 5.21. The summed E-state index contributed by atoms with van der Waals surface area (Å²) in [6.07, 6.45) is 1.01. The highest BCUT2D eigenvalue weighted by molar-refractivity contribution is 5.78. The van der Waals surface area contributed by atoms with Crippen molar-refractivity contribution in [1.29, 1.82) is 0 Å². The van der Waals surface area contributed by atoms with E-state index in [2.05, 4.69) is 28.9 Å². The van der Waals surface area contributed by atoms with Crippen molar-refractivity contribution in [3.05, 3.63) is 90.3 Å². The Balaban J connectivity index is 1.37. The van der Waals surface area contributed by atoms with Crippen molar-refractivity contribution in [2.24, 2.45) is 0 Å². The molecule has 0 fully saturated rings. The summed E-state index contributed by atoms with van der Waals surface area (Å²) in [5, 5.41) is 2.90. The van der Waals surface area contributed by atoms with Crippen LogP contribution in [0.15, 0.2) is 78.9 Å². The van der Waals surface area contributed by atoms with Crippen LogP contribution in [0.2, 0.25) is 0 Å². The molecule has 3 aromatic carbocycles. The van der Waals surface area contributed by atoms with Crippen LogP contribution in [-0.4, -0.2) is 28.7 Å². The molecule has 0 saturated heterocycles. The normalized spacial score (nSPS) is 10.8. The van der Waals surface area contributed by atoms with E-state index in [4.69, 9.17) is 14.5 Å². The zero-order valence-electron chi connectivity index (χ0n) is 18.2. The van der Waals surface area contributed by atoms with Gasteiger partial charge in [0, 0.05) is 0 Å². The highest BCUT2D eigenvalue weighted by Gasteiger charge is 2.12. The molecule has 0 aliphatic carbocycles. The largest absolute Gasteiger partial charge is 0.492 e. The third kappa shape index (κ3) is 5.46. The molecule has 0 aliphatic heterocycles. The highest BCUT2D eigenvalue weighted by atomic mass is 16.5. The Morgan fingerprint density at radius 2 is 1.62 bits per heavy atom. The summed E-state index contributed by atoms with van der Waals surface area (Å²) in [4.78, 5) is 17.0. The topological polar surface area (TPSA) is 65.4 Å². The lowest BCUT2D eigenvalue weighted by molar-refractivity contribution is -0.123. The van der Waals surface area contributed by atoms with E-state index in [0.717, 1.165) is 29.0 Å². The fourth-order valence-electron chi connectivity index (χ4n) is 3.48. The van der Waals surface area contributed by atoms with Gasteiger partial charge in [-0.25, -0.2) is 4.98 Å². The van der Waals surface area contributed by atoms with Crippen molar-refractivity contribution in [2.75, 3.05) is 13.2 Å². The SMILES string of the molecule is CCc1ccc(OCCn2c(CNC(=O)COc3ccccc3)nc3ccccc32)cc1. The van der Waals surface area contributed by atoms with Gasteiger partial charge in [0.1, 0.15) is 23.9 Å². The van der Waals surface area contributed by atoms with Gasteiger partial charge in [-0.1, -0.05) is 49.4 Å². The van der Waals surface area contributed by atoms with Crippen LogP contribution in [0.3, 0.4) is 0 Å². The number of aromatic nitrogens is 2. The second kappa shape index (κ2) is 10.5. The second-order valence-electron chi connectivity index (χ2n) is 7.39. The number of carbonyl (C=O) groups is 1. The molecule has 4 aromatic rings. The van der Waals surface area contributed by atoms with E-state index in [-0.39, 0.29) is 12.5 Å². The average molecular weight is 430 g/mol. The molecule has 0 spiro atoms. The first-order valence-electron chi connectivity index (χ1n) is 10.8. The first kappa shape index (κ1) is 21.4. The summed E-state index contributed by atoms with van der Waals surface area (Å²) in [6, 6.07) is 25.4. The predicted molar refractivity (Wildman–Crippen MR) is 125 cm³/mol. The minimum Gasteiger partial charge on any atom is -0.492 e. The molecule has 0 unspecified atom stereocenters. The molecule has 0 radical (unpaired) electrons. The average Bonchev–Trinajstić information content (AvgIpc) is 3.20. The molecule has 1 aromatic heterocycles. The molecule has 6 nitrogen and oxygen atoms in total. The van der Waals surface area contributed by atoms with Crippen LogP contribution >= 0.6 is 0 Å². The maximum absolute atomic E-state index is 12.3. The summed E-state index contributed by atoms with van der Waals surface area (Å²) < 4.78 is 13.5. The number of rotatable bonds is 10. The van der Waals surface area contributed by atoms with Crippen molar-refractivity contribution < 1.29 is 14.3 Å². The first-order chi connectivity index (χ1) is 15.7. The van der Waals surface area contributed by atoms with E-state index < -0.39 is 0 Å². The van der Waals surface area contributed by atoms with Gasteiger partial charge >= 0.3 is 0 Å². The molecule has 1 N–H and O–H groups in total. The predicted octanol–water partition coefficient (Wildman–Crippen LogP) is 4.37. The maximum atomic E-state index is 12.3. The van der Waals surface area contributed by atoms with Crippen molar-refractivity contribution in [1.82, 2.24) is 14.9 Å². The van der Waals surface area contributed by atoms with Crippen LogP contribution in [-0.2, 0) is 24.3 Å². The summed E-state index contributed by atoms with van der Waals surface area (Å²) in [5.74, 6) is 2.10. The van der Waals surface area contributed by atoms with E-state index in [1.165, 1.54) is 5.56 Å². The fourth-order valence-corrected chi connectivity index (χ4v) is 3.48. The number of hydrogen-bond acceptors (Lipinski definition) is 4. The quantitative estimate of drug-likeness (QED) is 0.407. The Bertz CT molecular complexity index is 1150. The Labute approximate surface area is 187 Å². The Kier molecular flexibility index (Phi) is 7.02. The summed E-state index contributed by atoms with van der Waals surface area (Å²) in [7, 11) is 0. The zero-order chi connectivity index (χ0) is 22.2. The van der Waals surface area contributed by atoms with Crippen molar-refractivity contribution in [3.63, 3.8) is 0 Å². The number of nitrogens with zero attached hydrogens (tertiary/aromatic N) is 2. The van der Waals surface area contributed by atoms with Crippen molar-refractivity contribution in [2.45, 2.75) is 26.4 Å². The van der Waals surface area contributed by atoms with Crippen LogP contribution in [0, 0.1) is 0 Å². The van der Waals surface area contributed by atoms with Gasteiger partial charge in [0.2, 0.25) is 0 Å². The molecule has 6 heteroatoms. The molecule has 0 bridgehead atoms. The van der Waals surface area contributed by atoms with Gasteiger partial charge < -0.3 is 19.4 Å². The summed E-state index contributed by atoms with van der Waals surface area (Å²) in [6.45, 7) is 3.54. The molecule has 4 rings (SSSR count). The van der Waals surface area contributed by atoms with Crippen LogP contribution in [0.5, 0.6) is 11.5 Å². The third-order valence-electron chi connectivity index (χ3n) is 5.21. The molecular weight excluding hydrogens is 402 g/mol. The highest BCUT2D eigenvalue weighted by Crippen LogP contribution is 2.17. The van der Waals surface area contributed by atoms with Gasteiger partial charge in [-0.15, -0.1) is 0 Å². The summed E-state index contributed by atoms with van der Waals surface area (Å²) in [5.41, 5.74) is 3.19. The molecule has 0 atom stereocenters. The molecule has 1 heterocycles. The number of nitrogens with one attached hydrogen (secondary N) is 1. The molecule has 0 saturated carbocycles. The standard InChI is InChI=1S/C26H27N3O3/c1-2-20-12-14-22(15-13-20)31-17-16-29-24-11-7-6-10-23(24)28-25(29)18-27-26(30)19-32-21-8-4-3-5-9-21/h3-15H,2,16-19H2,1H3,(H,27,30). The zero-order valence-corrected chi connectivity index (χ0v) is 18.2. The second-order valence-corrected chi connectivity index (χ2v) is 7.39.